The van der Waals surface area contributed by atoms with Gasteiger partial charge >= 0.3 is 5.97 Å². The fourth-order valence-electron chi connectivity index (χ4n) is 2.55. The lowest BCUT2D eigenvalue weighted by Gasteiger charge is -2.22. The van der Waals surface area contributed by atoms with Crippen molar-refractivity contribution in [1.82, 2.24) is 0 Å². The molecule has 3 heteroatoms. The maximum atomic E-state index is 11.4. The van der Waals surface area contributed by atoms with E-state index in [1.165, 1.54) is 11.1 Å². The Kier molecular flexibility index (Phi) is 3.20. The molecule has 92 valence electrons. The molecule has 0 bridgehead atoms. The number of benzene rings is 1. The molecule has 1 heterocycles. The Morgan fingerprint density at radius 3 is 2.47 bits per heavy atom. The molecule has 1 aromatic rings. The second-order valence-corrected chi connectivity index (χ2v) is 5.06. The standard InChI is InChI=1S/C14H18O3/c1-10-5-11(2)7-12(6-10)8-14(13(15)16)3-4-17-9-14/h5-7H,3-4,8-9H2,1-2H3,(H,15,16). The fourth-order valence-corrected chi connectivity index (χ4v) is 2.55. The normalized spacial score (nSPS) is 23.9. The number of rotatable bonds is 3. The van der Waals surface area contributed by atoms with E-state index in [1.54, 1.807) is 0 Å². The first-order valence-electron chi connectivity index (χ1n) is 5.90. The van der Waals surface area contributed by atoms with E-state index in [0.717, 1.165) is 5.56 Å². The summed E-state index contributed by atoms with van der Waals surface area (Å²) >= 11 is 0. The van der Waals surface area contributed by atoms with Crippen LogP contribution in [0.1, 0.15) is 23.1 Å². The minimum Gasteiger partial charge on any atom is -0.481 e. The van der Waals surface area contributed by atoms with Crippen molar-refractivity contribution >= 4 is 5.97 Å². The van der Waals surface area contributed by atoms with E-state index >= 15 is 0 Å². The summed E-state index contributed by atoms with van der Waals surface area (Å²) in [5.74, 6) is -0.742. The van der Waals surface area contributed by atoms with E-state index in [4.69, 9.17) is 4.74 Å². The zero-order chi connectivity index (χ0) is 12.5. The Labute approximate surface area is 101 Å². The van der Waals surface area contributed by atoms with Gasteiger partial charge in [0.1, 0.15) is 0 Å². The number of aliphatic carboxylic acids is 1. The number of carboxylic acid groups (broad SMARTS) is 1. The van der Waals surface area contributed by atoms with Crippen LogP contribution in [0.25, 0.3) is 0 Å². The Bertz CT molecular complexity index is 411. The fraction of sp³-hybridized carbons (Fsp3) is 0.500. The van der Waals surface area contributed by atoms with E-state index in [9.17, 15) is 9.90 Å². The van der Waals surface area contributed by atoms with E-state index in [1.807, 2.05) is 13.8 Å². The van der Waals surface area contributed by atoms with Gasteiger partial charge in [0.2, 0.25) is 0 Å². The Morgan fingerprint density at radius 1 is 1.35 bits per heavy atom. The summed E-state index contributed by atoms with van der Waals surface area (Å²) in [5, 5.41) is 9.38. The topological polar surface area (TPSA) is 46.5 Å². The van der Waals surface area contributed by atoms with Crippen molar-refractivity contribution in [2.45, 2.75) is 26.7 Å². The van der Waals surface area contributed by atoms with Crippen LogP contribution in [0.2, 0.25) is 0 Å². The number of hydrogen-bond donors (Lipinski definition) is 1. The van der Waals surface area contributed by atoms with Gasteiger partial charge in [-0.3, -0.25) is 4.79 Å². The zero-order valence-electron chi connectivity index (χ0n) is 10.3. The van der Waals surface area contributed by atoms with Crippen LogP contribution >= 0.6 is 0 Å². The summed E-state index contributed by atoms with van der Waals surface area (Å²) in [6.07, 6.45) is 1.17. The van der Waals surface area contributed by atoms with Gasteiger partial charge in [0.05, 0.1) is 12.0 Å². The van der Waals surface area contributed by atoms with Crippen LogP contribution in [-0.2, 0) is 16.0 Å². The van der Waals surface area contributed by atoms with Crippen molar-refractivity contribution in [2.24, 2.45) is 5.41 Å². The maximum Gasteiger partial charge on any atom is 0.312 e. The molecule has 3 nitrogen and oxygen atoms in total. The molecule has 1 fully saturated rings. The molecule has 1 aliphatic heterocycles. The van der Waals surface area contributed by atoms with E-state index < -0.39 is 11.4 Å². The summed E-state index contributed by atoms with van der Waals surface area (Å²) < 4.78 is 5.27. The quantitative estimate of drug-likeness (QED) is 0.873. The molecule has 1 aliphatic rings. The number of ether oxygens (including phenoxy) is 1. The smallest absolute Gasteiger partial charge is 0.312 e. The Balaban J connectivity index is 2.26. The van der Waals surface area contributed by atoms with Crippen molar-refractivity contribution in [1.29, 1.82) is 0 Å². The summed E-state index contributed by atoms with van der Waals surface area (Å²) in [6.45, 7) is 4.95. The lowest BCUT2D eigenvalue weighted by molar-refractivity contribution is -0.148. The highest BCUT2D eigenvalue weighted by molar-refractivity contribution is 5.75. The molecule has 0 amide bonds. The highest BCUT2D eigenvalue weighted by Crippen LogP contribution is 2.33. The molecule has 1 unspecified atom stereocenters. The molecule has 0 aromatic heterocycles. The van der Waals surface area contributed by atoms with E-state index in [-0.39, 0.29) is 0 Å². The summed E-state index contributed by atoms with van der Waals surface area (Å²) in [4.78, 5) is 11.4. The second-order valence-electron chi connectivity index (χ2n) is 5.06. The molecule has 1 saturated heterocycles. The predicted molar refractivity (Wildman–Crippen MR) is 65.1 cm³/mol. The second kappa shape index (κ2) is 4.49. The molecule has 2 rings (SSSR count). The van der Waals surface area contributed by atoms with Crippen molar-refractivity contribution < 1.29 is 14.6 Å². The van der Waals surface area contributed by atoms with Gasteiger partial charge in [-0.1, -0.05) is 29.3 Å². The minimum absolute atomic E-state index is 0.329. The van der Waals surface area contributed by atoms with Crippen molar-refractivity contribution in [3.8, 4) is 0 Å². The average Bonchev–Trinajstić information content (AvgIpc) is 2.65. The third-order valence-electron chi connectivity index (χ3n) is 3.38. The highest BCUT2D eigenvalue weighted by atomic mass is 16.5. The van der Waals surface area contributed by atoms with Gasteiger partial charge in [-0.05, 0) is 32.3 Å². The zero-order valence-corrected chi connectivity index (χ0v) is 10.3. The molecule has 1 N–H and O–H groups in total. The predicted octanol–water partition coefficient (Wildman–Crippen LogP) is 2.34. The van der Waals surface area contributed by atoms with Gasteiger partial charge < -0.3 is 9.84 Å². The molecule has 1 atom stereocenters. The van der Waals surface area contributed by atoms with Gasteiger partial charge in [0, 0.05) is 6.61 Å². The third-order valence-corrected chi connectivity index (χ3v) is 3.38. The van der Waals surface area contributed by atoms with Crippen LogP contribution in [0, 0.1) is 19.3 Å². The third kappa shape index (κ3) is 2.50. The number of carboxylic acids is 1. The largest absolute Gasteiger partial charge is 0.481 e. The van der Waals surface area contributed by atoms with Crippen LogP contribution in [0.15, 0.2) is 18.2 Å². The lowest BCUT2D eigenvalue weighted by atomic mass is 9.80. The lowest BCUT2D eigenvalue weighted by Crippen LogP contribution is -2.33. The average molecular weight is 234 g/mol. The van der Waals surface area contributed by atoms with Crippen LogP contribution in [-0.4, -0.2) is 24.3 Å². The van der Waals surface area contributed by atoms with E-state index in [2.05, 4.69) is 18.2 Å². The maximum absolute atomic E-state index is 11.4. The van der Waals surface area contributed by atoms with Crippen LogP contribution in [0.5, 0.6) is 0 Å². The van der Waals surface area contributed by atoms with Crippen molar-refractivity contribution in [3.05, 3.63) is 34.9 Å². The molecule has 0 radical (unpaired) electrons. The van der Waals surface area contributed by atoms with Gasteiger partial charge in [0.15, 0.2) is 0 Å². The van der Waals surface area contributed by atoms with Crippen LogP contribution in [0.3, 0.4) is 0 Å². The molecule has 0 saturated carbocycles. The summed E-state index contributed by atoms with van der Waals surface area (Å²) in [5.41, 5.74) is 2.73. The van der Waals surface area contributed by atoms with Crippen molar-refractivity contribution in [3.63, 3.8) is 0 Å². The Hall–Kier alpha value is -1.35. The molecule has 1 aromatic carbocycles. The molecular weight excluding hydrogens is 216 g/mol. The van der Waals surface area contributed by atoms with Gasteiger partial charge in [0.25, 0.3) is 0 Å². The molecule has 0 spiro atoms. The molecule has 0 aliphatic carbocycles. The number of carbonyl (C=O) groups is 1. The first kappa shape index (κ1) is 12.1. The minimum atomic E-state index is -0.742. The SMILES string of the molecule is Cc1cc(C)cc(CC2(C(=O)O)CCOC2)c1. The summed E-state index contributed by atoms with van der Waals surface area (Å²) in [7, 11) is 0. The molecular formula is C14H18O3. The van der Waals surface area contributed by atoms with Gasteiger partial charge in [-0.15, -0.1) is 0 Å². The van der Waals surface area contributed by atoms with Gasteiger partial charge in [-0.2, -0.15) is 0 Å². The van der Waals surface area contributed by atoms with Crippen LogP contribution < -0.4 is 0 Å². The first-order chi connectivity index (χ1) is 8.02. The first-order valence-corrected chi connectivity index (χ1v) is 5.90. The summed E-state index contributed by atoms with van der Waals surface area (Å²) in [6, 6.07) is 6.23. The number of hydrogen-bond acceptors (Lipinski definition) is 2. The highest BCUT2D eigenvalue weighted by Gasteiger charge is 2.42. The van der Waals surface area contributed by atoms with Crippen LogP contribution in [0.4, 0.5) is 0 Å². The van der Waals surface area contributed by atoms with E-state index in [0.29, 0.717) is 26.1 Å². The molecule has 17 heavy (non-hydrogen) atoms. The Morgan fingerprint density at radius 2 is 2.00 bits per heavy atom. The monoisotopic (exact) mass is 234 g/mol. The number of aryl methyl sites for hydroxylation is 2. The van der Waals surface area contributed by atoms with Crippen molar-refractivity contribution in [2.75, 3.05) is 13.2 Å². The van der Waals surface area contributed by atoms with Gasteiger partial charge in [-0.25, -0.2) is 0 Å².